The van der Waals surface area contributed by atoms with Crippen molar-refractivity contribution >= 4 is 15.7 Å². The van der Waals surface area contributed by atoms with E-state index < -0.39 is 10.0 Å². The zero-order valence-electron chi connectivity index (χ0n) is 12.8. The molecule has 2 rings (SSSR count). The number of para-hydroxylation sites is 1. The monoisotopic (exact) mass is 311 g/mol. The summed E-state index contributed by atoms with van der Waals surface area (Å²) in [6.45, 7) is 4.17. The van der Waals surface area contributed by atoms with Gasteiger partial charge in [-0.05, 0) is 38.4 Å². The smallest absolute Gasteiger partial charge is 0.242 e. The predicted molar refractivity (Wildman–Crippen MR) is 86.2 cm³/mol. The lowest BCUT2D eigenvalue weighted by Gasteiger charge is -2.35. The van der Waals surface area contributed by atoms with Gasteiger partial charge in [-0.1, -0.05) is 19.1 Å². The third-order valence-corrected chi connectivity index (χ3v) is 5.38. The van der Waals surface area contributed by atoms with Gasteiger partial charge in [-0.15, -0.1) is 0 Å². The minimum Gasteiger partial charge on any atom is -0.369 e. The maximum Gasteiger partial charge on any atom is 0.242 e. The molecular weight excluding hydrogens is 286 g/mol. The van der Waals surface area contributed by atoms with E-state index in [9.17, 15) is 8.42 Å². The number of anilines is 1. The fourth-order valence-corrected chi connectivity index (χ4v) is 4.05. The lowest BCUT2D eigenvalue weighted by atomic mass is 10.1. The fraction of sp³-hybridized carbons (Fsp3) is 0.600. The van der Waals surface area contributed by atoms with Gasteiger partial charge in [0.15, 0.2) is 0 Å². The summed E-state index contributed by atoms with van der Waals surface area (Å²) in [7, 11) is -1.48. The molecule has 2 N–H and O–H groups in total. The number of hydrogen-bond acceptors (Lipinski definition) is 4. The Morgan fingerprint density at radius 3 is 2.81 bits per heavy atom. The largest absolute Gasteiger partial charge is 0.369 e. The number of piperidine rings is 1. The Hall–Kier alpha value is -1.11. The first-order valence-electron chi connectivity index (χ1n) is 7.59. The van der Waals surface area contributed by atoms with Crippen molar-refractivity contribution < 1.29 is 8.42 Å². The van der Waals surface area contributed by atoms with Crippen LogP contribution in [0.1, 0.15) is 26.2 Å². The Labute approximate surface area is 127 Å². The van der Waals surface area contributed by atoms with Crippen molar-refractivity contribution in [2.75, 3.05) is 31.6 Å². The third kappa shape index (κ3) is 3.96. The van der Waals surface area contributed by atoms with Crippen molar-refractivity contribution in [3.05, 3.63) is 24.3 Å². The van der Waals surface area contributed by atoms with E-state index in [-0.39, 0.29) is 0 Å². The first-order valence-corrected chi connectivity index (χ1v) is 9.07. The van der Waals surface area contributed by atoms with E-state index in [1.807, 2.05) is 26.1 Å². The zero-order valence-corrected chi connectivity index (χ0v) is 13.6. The highest BCUT2D eigenvalue weighted by atomic mass is 32.2. The van der Waals surface area contributed by atoms with E-state index in [1.54, 1.807) is 12.1 Å². The second-order valence-electron chi connectivity index (χ2n) is 5.44. The lowest BCUT2D eigenvalue weighted by Crippen LogP contribution is -2.45. The van der Waals surface area contributed by atoms with Crippen LogP contribution in [0, 0.1) is 0 Å². The molecule has 1 aliphatic heterocycles. The topological polar surface area (TPSA) is 61.4 Å². The molecule has 1 fully saturated rings. The molecule has 0 aromatic heterocycles. The molecular formula is C15H25N3O2S. The van der Waals surface area contributed by atoms with Crippen molar-refractivity contribution in [1.29, 1.82) is 0 Å². The maximum atomic E-state index is 12.5. The van der Waals surface area contributed by atoms with Gasteiger partial charge in [-0.25, -0.2) is 13.1 Å². The highest BCUT2D eigenvalue weighted by Gasteiger charge is 2.24. The Morgan fingerprint density at radius 2 is 2.10 bits per heavy atom. The van der Waals surface area contributed by atoms with Gasteiger partial charge in [0.05, 0.1) is 5.69 Å². The van der Waals surface area contributed by atoms with Crippen molar-refractivity contribution in [1.82, 2.24) is 10.0 Å². The molecule has 1 saturated heterocycles. The number of rotatable bonds is 6. The van der Waals surface area contributed by atoms with Gasteiger partial charge in [0.1, 0.15) is 4.90 Å². The molecule has 0 radical (unpaired) electrons. The van der Waals surface area contributed by atoms with E-state index in [0.717, 1.165) is 38.0 Å². The SMILES string of the molecule is CCCNS(=O)(=O)c1ccccc1N1CCCC(NC)C1. The van der Waals surface area contributed by atoms with Crippen LogP contribution in [0.2, 0.25) is 0 Å². The van der Waals surface area contributed by atoms with E-state index in [2.05, 4.69) is 14.9 Å². The van der Waals surface area contributed by atoms with Crippen LogP contribution in [-0.4, -0.2) is 41.1 Å². The molecule has 1 heterocycles. The minimum absolute atomic E-state index is 0.384. The van der Waals surface area contributed by atoms with Crippen molar-refractivity contribution in [3.63, 3.8) is 0 Å². The highest BCUT2D eigenvalue weighted by Crippen LogP contribution is 2.27. The Balaban J connectivity index is 2.28. The molecule has 1 aromatic carbocycles. The van der Waals surface area contributed by atoms with Crippen molar-refractivity contribution in [3.8, 4) is 0 Å². The molecule has 1 atom stereocenters. The van der Waals surface area contributed by atoms with Crippen molar-refractivity contribution in [2.24, 2.45) is 0 Å². The fourth-order valence-electron chi connectivity index (χ4n) is 2.69. The van der Waals surface area contributed by atoms with Crippen LogP contribution >= 0.6 is 0 Å². The van der Waals surface area contributed by atoms with Crippen LogP contribution in [-0.2, 0) is 10.0 Å². The summed E-state index contributed by atoms with van der Waals surface area (Å²) in [6.07, 6.45) is 2.99. The first-order chi connectivity index (χ1) is 10.1. The number of benzene rings is 1. The lowest BCUT2D eigenvalue weighted by molar-refractivity contribution is 0.448. The van der Waals surface area contributed by atoms with Gasteiger partial charge in [-0.2, -0.15) is 0 Å². The van der Waals surface area contributed by atoms with Gasteiger partial charge in [0.2, 0.25) is 10.0 Å². The average molecular weight is 311 g/mol. The minimum atomic E-state index is -3.44. The van der Waals surface area contributed by atoms with Gasteiger partial charge in [-0.3, -0.25) is 0 Å². The molecule has 1 aliphatic rings. The molecule has 5 nitrogen and oxygen atoms in total. The van der Waals surface area contributed by atoms with E-state index in [0.29, 0.717) is 17.5 Å². The standard InChI is InChI=1S/C15H25N3O2S/c1-3-10-17-21(19,20)15-9-5-4-8-14(15)18-11-6-7-13(12-18)16-2/h4-5,8-9,13,16-17H,3,6-7,10-12H2,1-2H3. The predicted octanol–water partition coefficient (Wildman–Crippen LogP) is 1.56. The van der Waals surface area contributed by atoms with Crippen LogP contribution in [0.15, 0.2) is 29.2 Å². The summed E-state index contributed by atoms with van der Waals surface area (Å²) < 4.78 is 27.6. The number of sulfonamides is 1. The number of hydrogen-bond donors (Lipinski definition) is 2. The molecule has 0 bridgehead atoms. The molecule has 21 heavy (non-hydrogen) atoms. The highest BCUT2D eigenvalue weighted by molar-refractivity contribution is 7.89. The number of nitrogens with one attached hydrogen (secondary N) is 2. The number of likely N-dealkylation sites (N-methyl/N-ethyl adjacent to an activating group) is 1. The Morgan fingerprint density at radius 1 is 1.33 bits per heavy atom. The van der Waals surface area contributed by atoms with E-state index in [4.69, 9.17) is 0 Å². The molecule has 118 valence electrons. The molecule has 0 aliphatic carbocycles. The van der Waals surface area contributed by atoms with Gasteiger partial charge < -0.3 is 10.2 Å². The van der Waals surface area contributed by atoms with E-state index >= 15 is 0 Å². The third-order valence-electron chi connectivity index (χ3n) is 3.87. The second kappa shape index (κ2) is 7.24. The summed E-state index contributed by atoms with van der Waals surface area (Å²) in [5.74, 6) is 0. The Kier molecular flexibility index (Phi) is 5.61. The molecule has 0 saturated carbocycles. The average Bonchev–Trinajstić information content (AvgIpc) is 2.53. The second-order valence-corrected chi connectivity index (χ2v) is 7.17. The molecule has 1 aromatic rings. The summed E-state index contributed by atoms with van der Waals surface area (Å²) in [6, 6.07) is 7.69. The molecule has 0 amide bonds. The quantitative estimate of drug-likeness (QED) is 0.837. The van der Waals surface area contributed by atoms with E-state index in [1.165, 1.54) is 0 Å². The normalized spacial score (nSPS) is 19.7. The number of nitrogens with zero attached hydrogens (tertiary/aromatic N) is 1. The van der Waals surface area contributed by atoms with Crippen LogP contribution in [0.25, 0.3) is 0 Å². The van der Waals surface area contributed by atoms with Gasteiger partial charge in [0.25, 0.3) is 0 Å². The summed E-state index contributed by atoms with van der Waals surface area (Å²) >= 11 is 0. The molecule has 6 heteroatoms. The first kappa shape index (κ1) is 16.3. The van der Waals surface area contributed by atoms with Crippen LogP contribution < -0.4 is 14.9 Å². The van der Waals surface area contributed by atoms with Gasteiger partial charge in [0, 0.05) is 25.7 Å². The zero-order chi connectivity index (χ0) is 15.3. The maximum absolute atomic E-state index is 12.5. The summed E-state index contributed by atoms with van der Waals surface area (Å²) in [5, 5.41) is 3.29. The van der Waals surface area contributed by atoms with Crippen LogP contribution in [0.4, 0.5) is 5.69 Å². The van der Waals surface area contributed by atoms with Crippen molar-refractivity contribution in [2.45, 2.75) is 37.1 Å². The summed E-state index contributed by atoms with van der Waals surface area (Å²) in [5.41, 5.74) is 0.807. The Bertz CT molecular complexity index is 560. The molecule has 0 spiro atoms. The van der Waals surface area contributed by atoms with Gasteiger partial charge >= 0.3 is 0 Å². The summed E-state index contributed by atoms with van der Waals surface area (Å²) in [4.78, 5) is 2.56. The molecule has 1 unspecified atom stereocenters. The van der Waals surface area contributed by atoms with Crippen LogP contribution in [0.3, 0.4) is 0 Å². The van der Waals surface area contributed by atoms with Crippen LogP contribution in [0.5, 0.6) is 0 Å².